The third-order valence-corrected chi connectivity index (χ3v) is 20.8. The standard InChI is InChI=1S/C12H15O4.3C4H9.Sn/c1-4-10(12(14)16-6-3)8-7-9-11(13)15-5-2;3*1-3-4-2;/h4,7-8H,1,5-6H2,2-3H3;3*1,3-4H2,2H3;/b9-7?,10-8+;;;;. The number of hydrogen-bond donors (Lipinski definition) is 0. The molecule has 0 rings (SSSR count). The summed E-state index contributed by atoms with van der Waals surface area (Å²) in [6.45, 7) is 14.7. The average Bonchev–Trinajstić information content (AvgIpc) is 2.71. The van der Waals surface area contributed by atoms with Crippen molar-refractivity contribution in [3.63, 3.8) is 0 Å². The Hall–Kier alpha value is -1.04. The van der Waals surface area contributed by atoms with Crippen molar-refractivity contribution in [3.8, 4) is 0 Å². The van der Waals surface area contributed by atoms with E-state index in [0.717, 1.165) is 55.4 Å². The predicted molar refractivity (Wildman–Crippen MR) is 125 cm³/mol. The van der Waals surface area contributed by atoms with E-state index in [2.05, 4.69) is 27.4 Å². The molecule has 0 N–H and O–H groups in total. The van der Waals surface area contributed by atoms with Gasteiger partial charge in [0.2, 0.25) is 0 Å². The van der Waals surface area contributed by atoms with Crippen molar-refractivity contribution in [2.45, 2.75) is 86.5 Å². The zero-order valence-electron chi connectivity index (χ0n) is 19.4. The summed E-state index contributed by atoms with van der Waals surface area (Å²) in [6, 6.07) is 0. The molecule has 0 saturated carbocycles. The van der Waals surface area contributed by atoms with Crippen molar-refractivity contribution >= 4 is 30.3 Å². The van der Waals surface area contributed by atoms with Crippen molar-refractivity contribution in [3.05, 3.63) is 34.0 Å². The van der Waals surface area contributed by atoms with E-state index in [0.29, 0.717) is 18.8 Å². The van der Waals surface area contributed by atoms with Crippen LogP contribution in [0.3, 0.4) is 0 Å². The van der Waals surface area contributed by atoms with Crippen LogP contribution in [-0.2, 0) is 19.1 Å². The van der Waals surface area contributed by atoms with Crippen LogP contribution in [0.5, 0.6) is 0 Å². The van der Waals surface area contributed by atoms with Crippen molar-refractivity contribution in [2.24, 2.45) is 0 Å². The SMILES string of the molecule is C=C/C(=C\C=[C](\C(=O)OCC)[Sn]([CH2]CCC)([CH2]CCC)[CH2]CCC)C(=O)OCC. The molecule has 0 fully saturated rings. The Labute approximate surface area is 182 Å². The maximum atomic E-state index is 13.1. The molecule has 0 aliphatic rings. The number of allylic oxidation sites excluding steroid dienone is 2. The van der Waals surface area contributed by atoms with E-state index in [1.807, 2.05) is 13.0 Å². The molecule has 0 heterocycles. The van der Waals surface area contributed by atoms with Crippen LogP contribution in [0.2, 0.25) is 13.3 Å². The quantitative estimate of drug-likeness (QED) is 0.102. The summed E-state index contributed by atoms with van der Waals surface area (Å²) in [5.41, 5.74) is 0.385. The minimum atomic E-state index is -3.01. The molecule has 0 aliphatic heterocycles. The number of rotatable bonds is 16. The molecule has 29 heavy (non-hydrogen) atoms. The van der Waals surface area contributed by atoms with Crippen LogP contribution in [0.4, 0.5) is 0 Å². The van der Waals surface area contributed by atoms with Crippen LogP contribution in [0.25, 0.3) is 0 Å². The molecule has 0 bridgehead atoms. The second-order valence-corrected chi connectivity index (χ2v) is 20.6. The average molecular weight is 513 g/mol. The number of hydrogen-bond acceptors (Lipinski definition) is 4. The number of carbonyl (C=O) groups excluding carboxylic acids is 2. The maximum absolute atomic E-state index is 13.1. The van der Waals surface area contributed by atoms with Gasteiger partial charge in [0.25, 0.3) is 0 Å². The molecule has 0 amide bonds. The fourth-order valence-electron chi connectivity index (χ4n) is 3.60. The van der Waals surface area contributed by atoms with Gasteiger partial charge < -0.3 is 0 Å². The molecule has 166 valence electrons. The third kappa shape index (κ3) is 10.0. The van der Waals surface area contributed by atoms with Crippen LogP contribution in [0.1, 0.15) is 73.1 Å². The molecular weight excluding hydrogens is 471 g/mol. The van der Waals surface area contributed by atoms with Gasteiger partial charge in [-0.2, -0.15) is 0 Å². The normalized spacial score (nSPS) is 12.6. The van der Waals surface area contributed by atoms with Gasteiger partial charge >= 0.3 is 183 Å². The first-order chi connectivity index (χ1) is 14.0. The van der Waals surface area contributed by atoms with E-state index < -0.39 is 24.3 Å². The van der Waals surface area contributed by atoms with Crippen molar-refractivity contribution in [1.29, 1.82) is 0 Å². The Morgan fingerprint density at radius 1 is 0.759 bits per heavy atom. The number of esters is 2. The molecular formula is C24H42O4Sn. The summed E-state index contributed by atoms with van der Waals surface area (Å²) in [6.07, 6.45) is 11.9. The van der Waals surface area contributed by atoms with Crippen LogP contribution >= 0.6 is 0 Å². The Balaban J connectivity index is 6.35. The number of unbranched alkanes of at least 4 members (excludes halogenated alkanes) is 3. The second-order valence-electron chi connectivity index (χ2n) is 7.44. The number of carbonyl (C=O) groups is 2. The summed E-state index contributed by atoms with van der Waals surface area (Å²) < 4.78 is 15.0. The van der Waals surface area contributed by atoms with Crippen LogP contribution < -0.4 is 0 Å². The van der Waals surface area contributed by atoms with E-state index in [1.165, 1.54) is 6.08 Å². The number of ether oxygens (including phenoxy) is 2. The van der Waals surface area contributed by atoms with E-state index in [9.17, 15) is 9.59 Å². The zero-order valence-corrected chi connectivity index (χ0v) is 22.2. The molecule has 0 aromatic carbocycles. The molecule has 5 heteroatoms. The molecule has 0 atom stereocenters. The topological polar surface area (TPSA) is 52.6 Å². The summed E-state index contributed by atoms with van der Waals surface area (Å²) >= 11 is -3.01. The fraction of sp³-hybridized carbons (Fsp3) is 0.667. The Bertz CT molecular complexity index is 541. The van der Waals surface area contributed by atoms with Gasteiger partial charge in [0.1, 0.15) is 0 Å². The van der Waals surface area contributed by atoms with Gasteiger partial charge in [0.15, 0.2) is 0 Å². The van der Waals surface area contributed by atoms with Gasteiger partial charge in [-0.05, 0) is 0 Å². The van der Waals surface area contributed by atoms with E-state index in [1.54, 1.807) is 13.0 Å². The van der Waals surface area contributed by atoms with Crippen LogP contribution in [0, 0.1) is 0 Å². The minimum absolute atomic E-state index is 0.185. The van der Waals surface area contributed by atoms with Crippen LogP contribution in [0.15, 0.2) is 34.0 Å². The zero-order chi connectivity index (χ0) is 22.1. The molecule has 0 aromatic heterocycles. The Morgan fingerprint density at radius 3 is 1.59 bits per heavy atom. The monoisotopic (exact) mass is 514 g/mol. The van der Waals surface area contributed by atoms with Gasteiger partial charge in [-0.3, -0.25) is 0 Å². The first-order valence-electron chi connectivity index (χ1n) is 11.3. The Kier molecular flexibility index (Phi) is 16.1. The Morgan fingerprint density at radius 2 is 1.21 bits per heavy atom. The van der Waals surface area contributed by atoms with E-state index >= 15 is 0 Å². The molecule has 0 spiro atoms. The molecule has 0 aromatic rings. The van der Waals surface area contributed by atoms with Crippen molar-refractivity contribution < 1.29 is 19.1 Å². The first-order valence-corrected chi connectivity index (χ1v) is 18.8. The summed E-state index contributed by atoms with van der Waals surface area (Å²) in [5.74, 6) is -0.589. The molecule has 0 radical (unpaired) electrons. The van der Waals surface area contributed by atoms with Gasteiger partial charge in [-0.25, -0.2) is 0 Å². The molecule has 0 aliphatic carbocycles. The van der Waals surface area contributed by atoms with E-state index in [4.69, 9.17) is 9.47 Å². The third-order valence-electron chi connectivity index (χ3n) is 5.25. The molecule has 0 saturated heterocycles. The van der Waals surface area contributed by atoms with Gasteiger partial charge in [-0.15, -0.1) is 0 Å². The molecule has 4 nitrogen and oxygen atoms in total. The van der Waals surface area contributed by atoms with Gasteiger partial charge in [0.05, 0.1) is 0 Å². The van der Waals surface area contributed by atoms with Crippen LogP contribution in [-0.4, -0.2) is 43.5 Å². The summed E-state index contributed by atoms with van der Waals surface area (Å²) in [7, 11) is 0. The predicted octanol–water partition coefficient (Wildman–Crippen LogP) is 6.54. The first kappa shape index (κ1) is 28.0. The second kappa shape index (κ2) is 16.7. The van der Waals surface area contributed by atoms with Gasteiger partial charge in [0, 0.05) is 0 Å². The summed E-state index contributed by atoms with van der Waals surface area (Å²) in [5, 5.41) is 0. The molecule has 0 unspecified atom stereocenters. The van der Waals surface area contributed by atoms with Crippen molar-refractivity contribution in [1.82, 2.24) is 0 Å². The summed E-state index contributed by atoms with van der Waals surface area (Å²) in [4.78, 5) is 25.2. The van der Waals surface area contributed by atoms with Crippen molar-refractivity contribution in [2.75, 3.05) is 13.2 Å². The fourth-order valence-corrected chi connectivity index (χ4v) is 19.6. The van der Waals surface area contributed by atoms with E-state index in [-0.39, 0.29) is 5.97 Å². The van der Waals surface area contributed by atoms with Gasteiger partial charge in [-0.1, -0.05) is 0 Å².